The summed E-state index contributed by atoms with van der Waals surface area (Å²) in [5.74, 6) is -0.0266. The van der Waals surface area contributed by atoms with E-state index in [0.29, 0.717) is 10.9 Å². The number of pyridine rings is 1. The summed E-state index contributed by atoms with van der Waals surface area (Å²) in [5.41, 5.74) is 6.94. The monoisotopic (exact) mass is 367 g/mol. The van der Waals surface area contributed by atoms with Crippen LogP contribution in [0.5, 0.6) is 0 Å². The standard InChI is InChI=1S/C21H13N5O2/c22-11-16-18(13-9-10-24-17-8-4-3-5-12(13)17)25-20(27)14-6-1-2-7-15(14)21(28)26(25)19(16)23/h1-10,18H,23H2. The van der Waals surface area contributed by atoms with E-state index in [1.807, 2.05) is 24.3 Å². The van der Waals surface area contributed by atoms with Gasteiger partial charge in [-0.1, -0.05) is 30.3 Å². The quantitative estimate of drug-likeness (QED) is 0.553. The maximum atomic E-state index is 13.3. The average Bonchev–Trinajstić information content (AvgIpc) is 3.04. The summed E-state index contributed by atoms with van der Waals surface area (Å²) < 4.78 is 2.39. The zero-order valence-electron chi connectivity index (χ0n) is 14.5. The summed E-state index contributed by atoms with van der Waals surface area (Å²) in [4.78, 5) is 30.7. The topological polar surface area (TPSA) is 107 Å². The zero-order chi connectivity index (χ0) is 19.4. The number of allylic oxidation sites excluding steroid dienone is 1. The predicted octanol–water partition coefficient (Wildman–Crippen LogP) is 1.97. The molecule has 5 rings (SSSR count). The van der Waals surface area contributed by atoms with Crippen LogP contribution < -0.4 is 16.9 Å². The Kier molecular flexibility index (Phi) is 3.24. The lowest BCUT2D eigenvalue weighted by molar-refractivity contribution is 0.541. The van der Waals surface area contributed by atoms with Gasteiger partial charge < -0.3 is 5.73 Å². The Morgan fingerprint density at radius 3 is 2.29 bits per heavy atom. The largest absolute Gasteiger partial charge is 0.383 e. The van der Waals surface area contributed by atoms with Crippen molar-refractivity contribution in [3.05, 3.63) is 92.6 Å². The van der Waals surface area contributed by atoms with Crippen molar-refractivity contribution in [3.8, 4) is 6.07 Å². The maximum Gasteiger partial charge on any atom is 0.279 e. The predicted molar refractivity (Wildman–Crippen MR) is 105 cm³/mol. The van der Waals surface area contributed by atoms with Gasteiger partial charge in [-0.2, -0.15) is 9.94 Å². The van der Waals surface area contributed by atoms with Gasteiger partial charge in [0.05, 0.1) is 16.3 Å². The molecule has 2 aromatic heterocycles. The van der Waals surface area contributed by atoms with E-state index in [4.69, 9.17) is 5.73 Å². The van der Waals surface area contributed by atoms with Crippen LogP contribution in [0.25, 0.3) is 27.5 Å². The summed E-state index contributed by atoms with van der Waals surface area (Å²) in [5, 5.41) is 11.1. The minimum Gasteiger partial charge on any atom is -0.383 e. The average molecular weight is 367 g/mol. The Bertz CT molecular complexity index is 1480. The number of fused-ring (bicyclic) bond motifs is 3. The minimum absolute atomic E-state index is 0.0266. The molecule has 0 spiro atoms. The second-order valence-electron chi connectivity index (χ2n) is 6.54. The van der Waals surface area contributed by atoms with Crippen molar-refractivity contribution in [2.45, 2.75) is 6.04 Å². The Morgan fingerprint density at radius 2 is 1.57 bits per heavy atom. The van der Waals surface area contributed by atoms with E-state index in [9.17, 15) is 14.9 Å². The van der Waals surface area contributed by atoms with Gasteiger partial charge in [-0.15, -0.1) is 0 Å². The Hall–Kier alpha value is -4.18. The second-order valence-corrected chi connectivity index (χ2v) is 6.54. The van der Waals surface area contributed by atoms with Crippen LogP contribution in [-0.2, 0) is 0 Å². The molecule has 0 saturated carbocycles. The van der Waals surface area contributed by atoms with Crippen molar-refractivity contribution < 1.29 is 0 Å². The number of nitrogens with zero attached hydrogens (tertiary/aromatic N) is 4. The van der Waals surface area contributed by atoms with E-state index >= 15 is 0 Å². The molecule has 7 heteroatoms. The van der Waals surface area contributed by atoms with Crippen LogP contribution in [-0.4, -0.2) is 14.3 Å². The highest BCUT2D eigenvalue weighted by Crippen LogP contribution is 2.35. The number of hydrogen-bond acceptors (Lipinski definition) is 5. The van der Waals surface area contributed by atoms with Crippen molar-refractivity contribution in [3.63, 3.8) is 0 Å². The lowest BCUT2D eigenvalue weighted by Crippen LogP contribution is -2.38. The molecule has 1 unspecified atom stereocenters. The Labute approximate surface area is 158 Å². The van der Waals surface area contributed by atoms with Crippen LogP contribution in [0.15, 0.2) is 76.0 Å². The van der Waals surface area contributed by atoms with Gasteiger partial charge in [-0.05, 0) is 29.8 Å². The van der Waals surface area contributed by atoms with Gasteiger partial charge in [0.15, 0.2) is 0 Å². The van der Waals surface area contributed by atoms with Gasteiger partial charge >= 0.3 is 0 Å². The normalized spacial score (nSPS) is 15.8. The van der Waals surface area contributed by atoms with Crippen LogP contribution >= 0.6 is 0 Å². The highest BCUT2D eigenvalue weighted by Gasteiger charge is 2.35. The van der Waals surface area contributed by atoms with Crippen molar-refractivity contribution in [2.75, 3.05) is 0 Å². The summed E-state index contributed by atoms with van der Waals surface area (Å²) in [6.07, 6.45) is 1.62. The highest BCUT2D eigenvalue weighted by atomic mass is 16.2. The molecule has 0 fully saturated rings. The third-order valence-electron chi connectivity index (χ3n) is 5.12. The van der Waals surface area contributed by atoms with Crippen LogP contribution in [0.3, 0.4) is 0 Å². The molecule has 0 amide bonds. The number of nitriles is 1. The van der Waals surface area contributed by atoms with E-state index in [2.05, 4.69) is 11.1 Å². The molecule has 2 N–H and O–H groups in total. The van der Waals surface area contributed by atoms with Crippen molar-refractivity contribution in [1.82, 2.24) is 14.3 Å². The van der Waals surface area contributed by atoms with Gasteiger partial charge in [0.25, 0.3) is 11.1 Å². The van der Waals surface area contributed by atoms with E-state index in [1.54, 1.807) is 36.5 Å². The molecule has 0 radical (unpaired) electrons. The van der Waals surface area contributed by atoms with Crippen LogP contribution in [0.4, 0.5) is 0 Å². The summed E-state index contributed by atoms with van der Waals surface area (Å²) in [6.45, 7) is 0. The van der Waals surface area contributed by atoms with Crippen LogP contribution in [0.2, 0.25) is 0 Å². The molecule has 0 aliphatic carbocycles. The molecular formula is C21H13N5O2. The highest BCUT2D eigenvalue weighted by molar-refractivity contribution is 5.85. The second kappa shape index (κ2) is 5.66. The number of nitrogens with two attached hydrogens (primary N) is 1. The van der Waals surface area contributed by atoms with E-state index < -0.39 is 11.6 Å². The lowest BCUT2D eigenvalue weighted by atomic mass is 9.97. The fourth-order valence-electron chi connectivity index (χ4n) is 3.88. The molecule has 1 aliphatic heterocycles. The van der Waals surface area contributed by atoms with Crippen LogP contribution in [0, 0.1) is 11.3 Å². The Morgan fingerprint density at radius 1 is 0.929 bits per heavy atom. The maximum absolute atomic E-state index is 13.3. The molecule has 0 saturated heterocycles. The third-order valence-corrected chi connectivity index (χ3v) is 5.12. The number of rotatable bonds is 1. The van der Waals surface area contributed by atoms with Crippen molar-refractivity contribution in [1.29, 1.82) is 5.26 Å². The first-order valence-electron chi connectivity index (χ1n) is 8.64. The molecule has 1 atom stereocenters. The number of para-hydroxylation sites is 1. The van der Waals surface area contributed by atoms with E-state index in [-0.39, 0.29) is 22.3 Å². The molecule has 28 heavy (non-hydrogen) atoms. The first-order chi connectivity index (χ1) is 13.6. The SMILES string of the molecule is N#CC1=C(N)n2c(=O)c3ccccc3c(=O)n2C1c1ccnc2ccccc12. The zero-order valence-corrected chi connectivity index (χ0v) is 14.5. The van der Waals surface area contributed by atoms with Gasteiger partial charge in [-0.25, -0.2) is 4.68 Å². The molecule has 4 aromatic rings. The molecule has 3 heterocycles. The van der Waals surface area contributed by atoms with Gasteiger partial charge in [0.1, 0.15) is 23.5 Å². The summed E-state index contributed by atoms with van der Waals surface area (Å²) in [6, 6.07) is 17.1. The summed E-state index contributed by atoms with van der Waals surface area (Å²) >= 11 is 0. The van der Waals surface area contributed by atoms with E-state index in [1.165, 1.54) is 4.68 Å². The molecular weight excluding hydrogens is 354 g/mol. The molecule has 2 aromatic carbocycles. The molecule has 134 valence electrons. The smallest absolute Gasteiger partial charge is 0.279 e. The van der Waals surface area contributed by atoms with Crippen molar-refractivity contribution in [2.24, 2.45) is 5.73 Å². The first kappa shape index (κ1) is 16.0. The lowest BCUT2D eigenvalue weighted by Gasteiger charge is -2.18. The number of benzene rings is 2. The Balaban J connectivity index is 1.96. The first-order valence-corrected chi connectivity index (χ1v) is 8.64. The molecule has 1 aliphatic rings. The third kappa shape index (κ3) is 1.94. The molecule has 7 nitrogen and oxygen atoms in total. The van der Waals surface area contributed by atoms with Gasteiger partial charge in [-0.3, -0.25) is 14.6 Å². The number of hydrogen-bond donors (Lipinski definition) is 1. The summed E-state index contributed by atoms with van der Waals surface area (Å²) in [7, 11) is 0. The van der Waals surface area contributed by atoms with Crippen LogP contribution in [0.1, 0.15) is 11.6 Å². The fourth-order valence-corrected chi connectivity index (χ4v) is 3.88. The van der Waals surface area contributed by atoms with Crippen molar-refractivity contribution >= 4 is 27.5 Å². The molecule has 0 bridgehead atoms. The fraction of sp³-hybridized carbons (Fsp3) is 0.0476. The van der Waals surface area contributed by atoms with E-state index in [0.717, 1.165) is 15.6 Å². The number of aromatic nitrogens is 3. The van der Waals surface area contributed by atoms with Gasteiger partial charge in [0.2, 0.25) is 0 Å². The van der Waals surface area contributed by atoms with Gasteiger partial charge in [0, 0.05) is 11.6 Å². The minimum atomic E-state index is -0.803.